The molecule has 2 aliphatic carbocycles. The molecule has 34 heavy (non-hydrogen) atoms. The first-order chi connectivity index (χ1) is 16.6. The molecular formula is C30H40N2O2. The van der Waals surface area contributed by atoms with Crippen molar-refractivity contribution in [3.05, 3.63) is 65.2 Å². The van der Waals surface area contributed by atoms with Gasteiger partial charge in [-0.2, -0.15) is 0 Å². The molecule has 0 amide bonds. The maximum Gasteiger partial charge on any atom is 0.119 e. The van der Waals surface area contributed by atoms with Crippen LogP contribution in [0.4, 0.5) is 0 Å². The molecule has 4 aliphatic rings. The van der Waals surface area contributed by atoms with Gasteiger partial charge in [0.25, 0.3) is 0 Å². The molecule has 4 nitrogen and oxygen atoms in total. The normalized spacial score (nSPS) is 31.4. The average Bonchev–Trinajstić information content (AvgIpc) is 3.69. The number of benzene rings is 2. The van der Waals surface area contributed by atoms with Gasteiger partial charge in [-0.25, -0.2) is 0 Å². The first-order valence-corrected chi connectivity index (χ1v) is 13.5. The fourth-order valence-electron chi connectivity index (χ4n) is 7.40. The maximum absolute atomic E-state index is 12.7. The molecule has 2 heterocycles. The number of hydrogen-bond acceptors (Lipinski definition) is 4. The minimum absolute atomic E-state index is 0.159. The molecule has 2 bridgehead atoms. The van der Waals surface area contributed by atoms with E-state index in [-0.39, 0.29) is 11.5 Å². The average molecular weight is 461 g/mol. The second kappa shape index (κ2) is 8.96. The quantitative estimate of drug-likeness (QED) is 0.663. The first-order valence-electron chi connectivity index (χ1n) is 13.5. The molecule has 2 aromatic carbocycles. The Hall–Kier alpha value is -1.88. The Morgan fingerprint density at radius 1 is 1.00 bits per heavy atom. The van der Waals surface area contributed by atoms with Gasteiger partial charge in [-0.1, -0.05) is 36.4 Å². The van der Waals surface area contributed by atoms with E-state index in [9.17, 15) is 5.11 Å². The number of hydrogen-bond donors (Lipinski definition) is 1. The van der Waals surface area contributed by atoms with Crippen molar-refractivity contribution < 1.29 is 9.84 Å². The molecule has 0 aromatic heterocycles. The number of likely N-dealkylation sites (tertiary alicyclic amines) is 2. The van der Waals surface area contributed by atoms with Crippen molar-refractivity contribution in [2.24, 2.45) is 5.92 Å². The van der Waals surface area contributed by atoms with Crippen molar-refractivity contribution in [1.29, 1.82) is 0 Å². The fourth-order valence-corrected chi connectivity index (χ4v) is 7.40. The highest BCUT2D eigenvalue weighted by molar-refractivity contribution is 5.48. The van der Waals surface area contributed by atoms with Gasteiger partial charge in [0, 0.05) is 24.5 Å². The largest absolute Gasteiger partial charge is 0.497 e. The van der Waals surface area contributed by atoms with Crippen LogP contribution in [-0.2, 0) is 18.3 Å². The molecule has 182 valence electrons. The standard InChI is InChI=1S/C30H40N2O2/c1-34-26-12-11-25-20-28-30(33)15-18-31(16-5-8-23-6-3-2-4-7-23)17-13-29(30,27(25)21-26)14-19-32(28)22-24-9-10-24/h2-4,6-7,11-12,21,24,28,33H,5,8-10,13-20,22H2,1H3/t28-,29+,30-/m1/s1. The van der Waals surface area contributed by atoms with Gasteiger partial charge >= 0.3 is 0 Å². The van der Waals surface area contributed by atoms with Crippen molar-refractivity contribution in [3.63, 3.8) is 0 Å². The van der Waals surface area contributed by atoms with Gasteiger partial charge in [0.2, 0.25) is 0 Å². The summed E-state index contributed by atoms with van der Waals surface area (Å²) in [6.45, 7) is 5.48. The van der Waals surface area contributed by atoms with E-state index in [1.54, 1.807) is 7.11 Å². The Balaban J connectivity index is 1.27. The summed E-state index contributed by atoms with van der Waals surface area (Å²) in [6.07, 6.45) is 9.00. The van der Waals surface area contributed by atoms with Crippen LogP contribution in [0.5, 0.6) is 5.75 Å². The van der Waals surface area contributed by atoms with Crippen molar-refractivity contribution in [3.8, 4) is 5.75 Å². The number of ether oxygens (including phenoxy) is 1. The van der Waals surface area contributed by atoms with Gasteiger partial charge in [0.15, 0.2) is 0 Å². The number of piperidine rings is 1. The van der Waals surface area contributed by atoms with E-state index in [0.717, 1.165) is 70.0 Å². The number of nitrogens with zero attached hydrogens (tertiary/aromatic N) is 2. The lowest BCUT2D eigenvalue weighted by molar-refractivity contribution is -0.149. The van der Waals surface area contributed by atoms with E-state index in [2.05, 4.69) is 58.3 Å². The van der Waals surface area contributed by atoms with Crippen LogP contribution in [0, 0.1) is 5.92 Å². The first kappa shape index (κ1) is 22.6. The fraction of sp³-hybridized carbons (Fsp3) is 0.600. The number of methoxy groups -OCH3 is 1. The summed E-state index contributed by atoms with van der Waals surface area (Å²) >= 11 is 0. The van der Waals surface area contributed by atoms with E-state index in [0.29, 0.717) is 0 Å². The lowest BCUT2D eigenvalue weighted by Crippen LogP contribution is -2.71. The van der Waals surface area contributed by atoms with E-state index in [1.165, 1.54) is 42.5 Å². The molecule has 2 aliphatic heterocycles. The molecular weight excluding hydrogens is 420 g/mol. The molecule has 3 fully saturated rings. The predicted octanol–water partition coefficient (Wildman–Crippen LogP) is 4.43. The maximum atomic E-state index is 12.7. The van der Waals surface area contributed by atoms with Crippen molar-refractivity contribution >= 4 is 0 Å². The van der Waals surface area contributed by atoms with Crippen LogP contribution in [0.15, 0.2) is 48.5 Å². The molecule has 4 heteroatoms. The van der Waals surface area contributed by atoms with Gasteiger partial charge in [-0.05, 0) is 106 Å². The Bertz CT molecular complexity index is 1010. The highest BCUT2D eigenvalue weighted by atomic mass is 16.5. The smallest absolute Gasteiger partial charge is 0.119 e. The van der Waals surface area contributed by atoms with Crippen molar-refractivity contribution in [2.75, 3.05) is 39.8 Å². The molecule has 0 unspecified atom stereocenters. The van der Waals surface area contributed by atoms with Crippen LogP contribution in [0.2, 0.25) is 0 Å². The molecule has 1 saturated carbocycles. The van der Waals surface area contributed by atoms with Crippen LogP contribution >= 0.6 is 0 Å². The van der Waals surface area contributed by atoms with E-state index in [4.69, 9.17) is 4.74 Å². The highest BCUT2D eigenvalue weighted by Gasteiger charge is 2.63. The molecule has 6 rings (SSSR count). The Labute approximate surface area is 204 Å². The minimum Gasteiger partial charge on any atom is -0.497 e. The zero-order valence-corrected chi connectivity index (χ0v) is 20.7. The molecule has 0 spiro atoms. The van der Waals surface area contributed by atoms with E-state index < -0.39 is 5.60 Å². The van der Waals surface area contributed by atoms with Crippen LogP contribution in [0.3, 0.4) is 0 Å². The second-order valence-electron chi connectivity index (χ2n) is 11.4. The number of rotatable bonds is 7. The zero-order chi connectivity index (χ0) is 23.2. The summed E-state index contributed by atoms with van der Waals surface area (Å²) in [5.41, 5.74) is 3.42. The third-order valence-electron chi connectivity index (χ3n) is 9.53. The summed E-state index contributed by atoms with van der Waals surface area (Å²) in [5.74, 6) is 1.78. The van der Waals surface area contributed by atoms with E-state index >= 15 is 0 Å². The van der Waals surface area contributed by atoms with Crippen LogP contribution < -0.4 is 4.74 Å². The van der Waals surface area contributed by atoms with Gasteiger partial charge in [0.05, 0.1) is 12.7 Å². The summed E-state index contributed by atoms with van der Waals surface area (Å²) in [5, 5.41) is 12.7. The second-order valence-corrected chi connectivity index (χ2v) is 11.4. The molecule has 2 aromatic rings. The van der Waals surface area contributed by atoms with Gasteiger partial charge in [-0.15, -0.1) is 0 Å². The monoisotopic (exact) mass is 460 g/mol. The lowest BCUT2D eigenvalue weighted by atomic mass is 9.52. The van der Waals surface area contributed by atoms with Gasteiger partial charge in [-0.3, -0.25) is 4.90 Å². The lowest BCUT2D eigenvalue weighted by Gasteiger charge is -2.61. The van der Waals surface area contributed by atoms with Crippen LogP contribution in [0.25, 0.3) is 0 Å². The summed E-state index contributed by atoms with van der Waals surface area (Å²) in [4.78, 5) is 5.31. The Kier molecular flexibility index (Phi) is 5.95. The van der Waals surface area contributed by atoms with Crippen molar-refractivity contribution in [2.45, 2.75) is 68.4 Å². The zero-order valence-electron chi connectivity index (χ0n) is 20.7. The van der Waals surface area contributed by atoms with Crippen LogP contribution in [-0.4, -0.2) is 66.4 Å². The van der Waals surface area contributed by atoms with Crippen LogP contribution in [0.1, 0.15) is 55.2 Å². The Morgan fingerprint density at radius 3 is 2.59 bits per heavy atom. The molecule has 1 N–H and O–H groups in total. The van der Waals surface area contributed by atoms with Gasteiger partial charge in [0.1, 0.15) is 5.75 Å². The third kappa shape index (κ3) is 3.88. The number of fused-ring (bicyclic) bond motifs is 1. The minimum atomic E-state index is -0.659. The highest BCUT2D eigenvalue weighted by Crippen LogP contribution is 2.56. The molecule has 2 saturated heterocycles. The predicted molar refractivity (Wildman–Crippen MR) is 136 cm³/mol. The molecule has 0 radical (unpaired) electrons. The van der Waals surface area contributed by atoms with Crippen molar-refractivity contribution in [1.82, 2.24) is 9.80 Å². The summed E-state index contributed by atoms with van der Waals surface area (Å²) in [6, 6.07) is 17.8. The number of aliphatic hydroxyl groups is 1. The molecule has 3 atom stereocenters. The summed E-state index contributed by atoms with van der Waals surface area (Å²) < 4.78 is 5.65. The van der Waals surface area contributed by atoms with Gasteiger partial charge < -0.3 is 14.7 Å². The topological polar surface area (TPSA) is 35.9 Å². The Morgan fingerprint density at radius 2 is 1.79 bits per heavy atom. The third-order valence-corrected chi connectivity index (χ3v) is 9.53. The SMILES string of the molecule is COc1ccc2c(c1)[C@@]13CCN(CCCc4ccccc4)CC[C@@]1(O)[C@@H](C2)N(CC1CC1)CC3. The number of aryl methyl sites for hydroxylation is 1. The summed E-state index contributed by atoms with van der Waals surface area (Å²) in [7, 11) is 1.76. The van der Waals surface area contributed by atoms with E-state index in [1.807, 2.05) is 0 Å².